The van der Waals surface area contributed by atoms with Crippen LogP contribution < -0.4 is 5.32 Å². The molecule has 0 aliphatic heterocycles. The highest BCUT2D eigenvalue weighted by Gasteiger charge is 2.57. The number of halogens is 3. The van der Waals surface area contributed by atoms with Gasteiger partial charge in [-0.1, -0.05) is 30.3 Å². The van der Waals surface area contributed by atoms with Crippen molar-refractivity contribution in [3.8, 4) is 0 Å². The van der Waals surface area contributed by atoms with Crippen LogP contribution in [0.15, 0.2) is 42.7 Å². The molecule has 0 aliphatic rings. The van der Waals surface area contributed by atoms with E-state index in [2.05, 4.69) is 10.3 Å². The SMILES string of the molecule is CC(SCc1ccccc1)C(=O)NCCC(O)(c1nccn1C)C(F)(F)F. The molecule has 2 aromatic rings. The van der Waals surface area contributed by atoms with E-state index >= 15 is 0 Å². The van der Waals surface area contributed by atoms with Crippen molar-refractivity contribution in [2.24, 2.45) is 7.05 Å². The van der Waals surface area contributed by atoms with E-state index in [1.54, 1.807) is 6.92 Å². The van der Waals surface area contributed by atoms with Gasteiger partial charge in [-0.25, -0.2) is 4.98 Å². The number of benzene rings is 1. The summed E-state index contributed by atoms with van der Waals surface area (Å²) in [5.41, 5.74) is -2.07. The van der Waals surface area contributed by atoms with Crippen molar-refractivity contribution in [3.05, 3.63) is 54.1 Å². The summed E-state index contributed by atoms with van der Waals surface area (Å²) in [6, 6.07) is 9.57. The predicted molar refractivity (Wildman–Crippen MR) is 98.0 cm³/mol. The highest BCUT2D eigenvalue weighted by Crippen LogP contribution is 2.40. The van der Waals surface area contributed by atoms with Crippen molar-refractivity contribution in [1.29, 1.82) is 0 Å². The van der Waals surface area contributed by atoms with Crippen LogP contribution in [-0.4, -0.2) is 38.5 Å². The quantitative estimate of drug-likeness (QED) is 0.714. The Morgan fingerprint density at radius 3 is 2.56 bits per heavy atom. The molecule has 0 saturated carbocycles. The number of aromatic nitrogens is 2. The van der Waals surface area contributed by atoms with E-state index in [-0.39, 0.29) is 12.5 Å². The zero-order chi connectivity index (χ0) is 20.1. The first-order chi connectivity index (χ1) is 12.6. The molecule has 1 aromatic carbocycles. The second-order valence-corrected chi connectivity index (χ2v) is 7.53. The Morgan fingerprint density at radius 1 is 1.33 bits per heavy atom. The first-order valence-corrected chi connectivity index (χ1v) is 9.40. The number of carbonyl (C=O) groups is 1. The lowest BCUT2D eigenvalue weighted by Gasteiger charge is -2.30. The molecule has 2 unspecified atom stereocenters. The number of alkyl halides is 3. The van der Waals surface area contributed by atoms with Gasteiger partial charge in [0.1, 0.15) is 5.82 Å². The van der Waals surface area contributed by atoms with Gasteiger partial charge in [0.25, 0.3) is 0 Å². The number of imidazole rings is 1. The minimum Gasteiger partial charge on any atom is -0.374 e. The van der Waals surface area contributed by atoms with Gasteiger partial charge in [-0.15, -0.1) is 11.8 Å². The molecule has 1 amide bonds. The second kappa shape index (κ2) is 8.79. The Kier molecular flexibility index (Phi) is 6.94. The van der Waals surface area contributed by atoms with E-state index in [9.17, 15) is 23.1 Å². The molecule has 1 aromatic heterocycles. The van der Waals surface area contributed by atoms with Gasteiger partial charge in [0.2, 0.25) is 11.5 Å². The van der Waals surface area contributed by atoms with Crippen LogP contribution in [0, 0.1) is 0 Å². The Morgan fingerprint density at radius 2 is 2.00 bits per heavy atom. The maximum Gasteiger partial charge on any atom is 0.424 e. The van der Waals surface area contributed by atoms with Crippen LogP contribution in [-0.2, 0) is 23.2 Å². The van der Waals surface area contributed by atoms with E-state index in [0.717, 1.165) is 10.1 Å². The first kappa shape index (κ1) is 21.3. The van der Waals surface area contributed by atoms with Gasteiger partial charge < -0.3 is 15.0 Å². The third-order valence-electron chi connectivity index (χ3n) is 4.16. The van der Waals surface area contributed by atoms with Gasteiger partial charge in [-0.05, 0) is 12.5 Å². The maximum absolute atomic E-state index is 13.4. The number of carbonyl (C=O) groups excluding carboxylic acids is 1. The number of amides is 1. The fraction of sp³-hybridized carbons (Fsp3) is 0.444. The molecule has 2 N–H and O–H groups in total. The van der Waals surface area contributed by atoms with Gasteiger partial charge in [0, 0.05) is 38.2 Å². The van der Waals surface area contributed by atoms with Crippen LogP contribution in [0.1, 0.15) is 24.7 Å². The monoisotopic (exact) mass is 401 g/mol. The van der Waals surface area contributed by atoms with Crippen molar-refractivity contribution >= 4 is 17.7 Å². The van der Waals surface area contributed by atoms with Crippen LogP contribution in [0.4, 0.5) is 13.2 Å². The zero-order valence-corrected chi connectivity index (χ0v) is 15.8. The highest BCUT2D eigenvalue weighted by molar-refractivity contribution is 7.99. The molecule has 0 spiro atoms. The van der Waals surface area contributed by atoms with Gasteiger partial charge >= 0.3 is 6.18 Å². The summed E-state index contributed by atoms with van der Waals surface area (Å²) in [5.74, 6) is -0.258. The third-order valence-corrected chi connectivity index (χ3v) is 5.37. The van der Waals surface area contributed by atoms with Crippen LogP contribution in [0.3, 0.4) is 0 Å². The third kappa shape index (κ3) is 5.26. The molecule has 0 fully saturated rings. The average molecular weight is 401 g/mol. The molecule has 148 valence electrons. The predicted octanol–water partition coefficient (Wildman–Crippen LogP) is 3.00. The topological polar surface area (TPSA) is 67.2 Å². The molecule has 9 heteroatoms. The standard InChI is InChI=1S/C18H22F3N3O2S/c1-13(27-12-14-6-4-3-5-7-14)15(25)22-9-8-17(26,18(19,20)21)16-23-10-11-24(16)2/h3-7,10-11,13,26H,8-9,12H2,1-2H3,(H,22,25). The van der Waals surface area contributed by atoms with Crippen molar-refractivity contribution in [2.45, 2.75) is 36.1 Å². The molecule has 27 heavy (non-hydrogen) atoms. The van der Waals surface area contributed by atoms with E-state index in [1.165, 1.54) is 31.2 Å². The van der Waals surface area contributed by atoms with Gasteiger partial charge in [0.05, 0.1) is 5.25 Å². The van der Waals surface area contributed by atoms with Crippen LogP contribution in [0.25, 0.3) is 0 Å². The Bertz CT molecular complexity index is 752. The van der Waals surface area contributed by atoms with Crippen LogP contribution in [0.5, 0.6) is 0 Å². The molecule has 5 nitrogen and oxygen atoms in total. The van der Waals surface area contributed by atoms with E-state index < -0.39 is 29.3 Å². The zero-order valence-electron chi connectivity index (χ0n) is 15.0. The molecule has 2 atom stereocenters. The summed E-state index contributed by atoms with van der Waals surface area (Å²) in [5, 5.41) is 12.3. The minimum absolute atomic E-state index is 0.321. The lowest BCUT2D eigenvalue weighted by Crippen LogP contribution is -2.47. The molecule has 0 saturated heterocycles. The summed E-state index contributed by atoms with van der Waals surface area (Å²) >= 11 is 1.39. The second-order valence-electron chi connectivity index (χ2n) is 6.20. The van der Waals surface area contributed by atoms with Gasteiger partial charge in [-0.3, -0.25) is 4.79 Å². The number of rotatable bonds is 8. The number of thioether (sulfide) groups is 1. The Balaban J connectivity index is 1.90. The summed E-state index contributed by atoms with van der Waals surface area (Å²) < 4.78 is 41.4. The summed E-state index contributed by atoms with van der Waals surface area (Å²) in [6.45, 7) is 1.37. The van der Waals surface area contributed by atoms with Crippen molar-refractivity contribution in [1.82, 2.24) is 14.9 Å². The minimum atomic E-state index is -4.91. The molecule has 2 rings (SSSR count). The molecular weight excluding hydrogens is 379 g/mol. The number of aliphatic hydroxyl groups is 1. The van der Waals surface area contributed by atoms with E-state index in [1.807, 2.05) is 30.3 Å². The molecule has 0 aliphatic carbocycles. The molecule has 1 heterocycles. The number of hydrogen-bond acceptors (Lipinski definition) is 4. The first-order valence-electron chi connectivity index (χ1n) is 8.35. The number of hydrogen-bond donors (Lipinski definition) is 2. The van der Waals surface area contributed by atoms with Crippen molar-refractivity contribution in [2.75, 3.05) is 6.54 Å². The smallest absolute Gasteiger partial charge is 0.374 e. The summed E-state index contributed by atoms with van der Waals surface area (Å²) in [6.07, 6.45) is -3.12. The lowest BCUT2D eigenvalue weighted by atomic mass is 9.97. The van der Waals surface area contributed by atoms with Gasteiger partial charge in [-0.2, -0.15) is 13.2 Å². The van der Waals surface area contributed by atoms with E-state index in [0.29, 0.717) is 5.75 Å². The largest absolute Gasteiger partial charge is 0.424 e. The van der Waals surface area contributed by atoms with Crippen LogP contribution in [0.2, 0.25) is 0 Å². The summed E-state index contributed by atoms with van der Waals surface area (Å²) in [4.78, 5) is 15.8. The van der Waals surface area contributed by atoms with Crippen LogP contribution >= 0.6 is 11.8 Å². The normalized spacial score (nSPS) is 15.2. The molecular formula is C18H22F3N3O2S. The maximum atomic E-state index is 13.4. The summed E-state index contributed by atoms with van der Waals surface area (Å²) in [7, 11) is 1.37. The lowest BCUT2D eigenvalue weighted by molar-refractivity contribution is -0.272. The van der Waals surface area contributed by atoms with Crippen molar-refractivity contribution < 1.29 is 23.1 Å². The van der Waals surface area contributed by atoms with Crippen molar-refractivity contribution in [3.63, 3.8) is 0 Å². The van der Waals surface area contributed by atoms with E-state index in [4.69, 9.17) is 0 Å². The molecule has 0 radical (unpaired) electrons. The number of nitrogens with one attached hydrogen (secondary N) is 1. The Hall–Kier alpha value is -2.00. The fourth-order valence-corrected chi connectivity index (χ4v) is 3.40. The number of aryl methyl sites for hydroxylation is 1. The average Bonchev–Trinajstić information content (AvgIpc) is 3.05. The Labute approximate surface area is 160 Å². The molecule has 0 bridgehead atoms. The number of nitrogens with zero attached hydrogens (tertiary/aromatic N) is 2. The van der Waals surface area contributed by atoms with Gasteiger partial charge in [0.15, 0.2) is 0 Å². The highest BCUT2D eigenvalue weighted by atomic mass is 32.2. The fourth-order valence-electron chi connectivity index (χ4n) is 2.53.